The molecule has 0 spiro atoms. The van der Waals surface area contributed by atoms with Crippen molar-refractivity contribution >= 4 is 12.1 Å². The summed E-state index contributed by atoms with van der Waals surface area (Å²) in [5, 5.41) is 4.56. The molecule has 0 aliphatic carbocycles. The van der Waals surface area contributed by atoms with Crippen LogP contribution in [0.25, 0.3) is 11.3 Å². The second-order valence-electron chi connectivity index (χ2n) is 5.61. The minimum absolute atomic E-state index is 0.433. The lowest BCUT2D eigenvalue weighted by molar-refractivity contribution is 0.112. The molecule has 1 heterocycles. The number of aryl methyl sites for hydroxylation is 2. The van der Waals surface area contributed by atoms with Crippen molar-refractivity contribution < 1.29 is 4.79 Å². The maximum absolute atomic E-state index is 11.4. The summed E-state index contributed by atoms with van der Waals surface area (Å²) in [5.74, 6) is 0.433. The van der Waals surface area contributed by atoms with E-state index in [4.69, 9.17) is 5.73 Å². The molecule has 2 rings (SSSR count). The van der Waals surface area contributed by atoms with Gasteiger partial charge in [0.1, 0.15) is 11.5 Å². The van der Waals surface area contributed by atoms with Gasteiger partial charge in [0.15, 0.2) is 6.29 Å². The Kier molecular flexibility index (Phi) is 4.43. The van der Waals surface area contributed by atoms with Gasteiger partial charge in [-0.2, -0.15) is 5.10 Å². The van der Waals surface area contributed by atoms with Crippen LogP contribution in [0.15, 0.2) is 18.2 Å². The fourth-order valence-corrected chi connectivity index (χ4v) is 2.26. The van der Waals surface area contributed by atoms with Gasteiger partial charge in [-0.05, 0) is 39.6 Å². The Morgan fingerprint density at radius 3 is 2.67 bits per heavy atom. The highest BCUT2D eigenvalue weighted by Gasteiger charge is 2.18. The molecule has 0 atom stereocenters. The zero-order chi connectivity index (χ0) is 15.6. The Balaban J connectivity index is 2.50. The molecule has 21 heavy (non-hydrogen) atoms. The minimum Gasteiger partial charge on any atom is -0.383 e. The molecule has 1 aromatic heterocycles. The van der Waals surface area contributed by atoms with Crippen LogP contribution in [0.5, 0.6) is 0 Å². The van der Waals surface area contributed by atoms with Gasteiger partial charge in [-0.3, -0.25) is 4.79 Å². The van der Waals surface area contributed by atoms with E-state index in [9.17, 15) is 4.79 Å². The van der Waals surface area contributed by atoms with Crippen molar-refractivity contribution in [2.24, 2.45) is 0 Å². The number of anilines is 1. The van der Waals surface area contributed by atoms with Crippen molar-refractivity contribution in [1.82, 2.24) is 14.7 Å². The third-order valence-corrected chi connectivity index (χ3v) is 3.55. The minimum atomic E-state index is 0.433. The molecule has 5 heteroatoms. The van der Waals surface area contributed by atoms with E-state index >= 15 is 0 Å². The predicted molar refractivity (Wildman–Crippen MR) is 85.5 cm³/mol. The molecular formula is C16H22N4O. The van der Waals surface area contributed by atoms with Gasteiger partial charge < -0.3 is 10.6 Å². The quantitative estimate of drug-likeness (QED) is 0.855. The van der Waals surface area contributed by atoms with Gasteiger partial charge in [0.2, 0.25) is 0 Å². The number of benzene rings is 1. The van der Waals surface area contributed by atoms with Gasteiger partial charge in [0, 0.05) is 12.1 Å². The van der Waals surface area contributed by atoms with Crippen LogP contribution in [-0.4, -0.2) is 41.6 Å². The molecular weight excluding hydrogens is 264 g/mol. The maximum atomic E-state index is 11.4. The Labute approximate surface area is 125 Å². The molecule has 1 aromatic carbocycles. The molecule has 0 aliphatic heterocycles. The molecule has 0 amide bonds. The number of hydrogen-bond acceptors (Lipinski definition) is 4. The highest BCUT2D eigenvalue weighted by Crippen LogP contribution is 2.29. The van der Waals surface area contributed by atoms with Gasteiger partial charge in [-0.1, -0.05) is 17.7 Å². The van der Waals surface area contributed by atoms with Crippen molar-refractivity contribution in [2.75, 3.05) is 26.4 Å². The molecule has 0 aliphatic rings. The number of nitrogens with zero attached hydrogens (tertiary/aromatic N) is 3. The third-order valence-electron chi connectivity index (χ3n) is 3.55. The number of aldehydes is 1. The smallest absolute Gasteiger partial charge is 0.156 e. The van der Waals surface area contributed by atoms with Crippen LogP contribution < -0.4 is 5.73 Å². The van der Waals surface area contributed by atoms with Crippen molar-refractivity contribution in [3.63, 3.8) is 0 Å². The summed E-state index contributed by atoms with van der Waals surface area (Å²) < 4.78 is 1.71. The number of nitrogen functional groups attached to an aromatic ring is 1. The molecule has 0 saturated carbocycles. The Morgan fingerprint density at radius 1 is 1.33 bits per heavy atom. The number of rotatable bonds is 5. The summed E-state index contributed by atoms with van der Waals surface area (Å²) in [4.78, 5) is 13.5. The highest BCUT2D eigenvalue weighted by molar-refractivity contribution is 5.92. The van der Waals surface area contributed by atoms with E-state index in [1.54, 1.807) is 4.68 Å². The van der Waals surface area contributed by atoms with Crippen LogP contribution in [0, 0.1) is 13.8 Å². The van der Waals surface area contributed by atoms with Crippen LogP contribution >= 0.6 is 0 Å². The lowest BCUT2D eigenvalue weighted by Crippen LogP contribution is -2.20. The van der Waals surface area contributed by atoms with Gasteiger partial charge in [-0.25, -0.2) is 4.68 Å². The molecule has 2 N–H and O–H groups in total. The Hall–Kier alpha value is -2.14. The summed E-state index contributed by atoms with van der Waals surface area (Å²) in [5.41, 5.74) is 10.4. The number of likely N-dealkylation sites (N-methyl/N-ethyl adjacent to an activating group) is 1. The molecule has 0 saturated heterocycles. The number of carbonyl (C=O) groups is 1. The van der Waals surface area contributed by atoms with Crippen LogP contribution in [0.3, 0.4) is 0 Å². The molecule has 5 nitrogen and oxygen atoms in total. The summed E-state index contributed by atoms with van der Waals surface area (Å²) in [7, 11) is 3.98. The van der Waals surface area contributed by atoms with Crippen LogP contribution in [0.1, 0.15) is 21.5 Å². The Bertz CT molecular complexity index is 659. The van der Waals surface area contributed by atoms with Crippen LogP contribution in [0.4, 0.5) is 5.82 Å². The normalized spacial score (nSPS) is 11.1. The monoisotopic (exact) mass is 286 g/mol. The summed E-state index contributed by atoms with van der Waals surface area (Å²) in [6.07, 6.45) is 0.797. The zero-order valence-corrected chi connectivity index (χ0v) is 13.1. The van der Waals surface area contributed by atoms with Gasteiger partial charge in [0.05, 0.1) is 12.1 Å². The zero-order valence-electron chi connectivity index (χ0n) is 13.1. The average molecular weight is 286 g/mol. The lowest BCUT2D eigenvalue weighted by atomic mass is 10.0. The van der Waals surface area contributed by atoms with E-state index in [0.29, 0.717) is 23.6 Å². The third kappa shape index (κ3) is 3.13. The predicted octanol–water partition coefficient (Wildman–Crippen LogP) is 2.12. The number of hydrogen-bond donors (Lipinski definition) is 1. The van der Waals surface area contributed by atoms with Gasteiger partial charge >= 0.3 is 0 Å². The first-order valence-electron chi connectivity index (χ1n) is 6.98. The average Bonchev–Trinajstić information content (AvgIpc) is 2.75. The van der Waals surface area contributed by atoms with Crippen LogP contribution in [0.2, 0.25) is 0 Å². The van der Waals surface area contributed by atoms with Crippen molar-refractivity contribution in [3.05, 3.63) is 34.9 Å². The second-order valence-corrected chi connectivity index (χ2v) is 5.61. The largest absolute Gasteiger partial charge is 0.383 e. The Morgan fingerprint density at radius 2 is 2.05 bits per heavy atom. The molecule has 0 bridgehead atoms. The van der Waals surface area contributed by atoms with E-state index in [-0.39, 0.29) is 0 Å². The van der Waals surface area contributed by atoms with Gasteiger partial charge in [0.25, 0.3) is 0 Å². The topological polar surface area (TPSA) is 64.2 Å². The summed E-state index contributed by atoms with van der Waals surface area (Å²) >= 11 is 0. The molecule has 2 aromatic rings. The second kappa shape index (κ2) is 6.10. The fraction of sp³-hybridized carbons (Fsp3) is 0.375. The first kappa shape index (κ1) is 15.3. The van der Waals surface area contributed by atoms with Crippen molar-refractivity contribution in [1.29, 1.82) is 0 Å². The van der Waals surface area contributed by atoms with E-state index in [2.05, 4.69) is 10.00 Å². The molecule has 0 radical (unpaired) electrons. The molecule has 0 fully saturated rings. The van der Waals surface area contributed by atoms with Gasteiger partial charge in [-0.15, -0.1) is 0 Å². The first-order valence-corrected chi connectivity index (χ1v) is 6.98. The van der Waals surface area contributed by atoms with E-state index in [1.807, 2.05) is 46.1 Å². The standard InChI is InChI=1S/C16H22N4O/c1-11-5-6-12(2)13(9-11)15-14(10-21)16(17)20(18-15)8-7-19(3)4/h5-6,9-10H,7-8,17H2,1-4H3. The van der Waals surface area contributed by atoms with Crippen molar-refractivity contribution in [3.8, 4) is 11.3 Å². The van der Waals surface area contributed by atoms with Crippen LogP contribution in [-0.2, 0) is 6.54 Å². The van der Waals surface area contributed by atoms with E-state index < -0.39 is 0 Å². The number of carbonyl (C=O) groups excluding carboxylic acids is 1. The van der Waals surface area contributed by atoms with E-state index in [1.165, 1.54) is 0 Å². The maximum Gasteiger partial charge on any atom is 0.156 e. The fourth-order valence-electron chi connectivity index (χ4n) is 2.26. The lowest BCUT2D eigenvalue weighted by Gasteiger charge is -2.10. The summed E-state index contributed by atoms with van der Waals surface area (Å²) in [6, 6.07) is 6.13. The molecule has 0 unspecified atom stereocenters. The number of nitrogens with two attached hydrogens (primary N) is 1. The first-order chi connectivity index (χ1) is 9.93. The summed E-state index contributed by atoms with van der Waals surface area (Å²) in [6.45, 7) is 5.51. The highest BCUT2D eigenvalue weighted by atomic mass is 16.1. The molecule has 112 valence electrons. The SMILES string of the molecule is Cc1ccc(C)c(-c2nn(CCN(C)C)c(N)c2C=O)c1. The van der Waals surface area contributed by atoms with E-state index in [0.717, 1.165) is 29.5 Å². The number of aromatic nitrogens is 2. The van der Waals surface area contributed by atoms with Crippen molar-refractivity contribution in [2.45, 2.75) is 20.4 Å².